The lowest BCUT2D eigenvalue weighted by Gasteiger charge is -2.10. The standard InChI is InChI=1S/C50H35N5/c1-2-13-35(42-18-12-31-51-34-42)28-30-48-52-49(38-14-5-3-6-15-38)54-50(53-48)41-17-11-16-39(32-41)36-23-25-37(26-24-36)40-27-29-45-44-21-9-10-22-46(44)55(47(45)33-40)43-19-7-4-8-20-43/h2-34H,1H2/b30-28+,35-13+. The highest BCUT2D eigenvalue weighted by atomic mass is 15.0. The molecule has 5 nitrogen and oxygen atoms in total. The van der Waals surface area contributed by atoms with Crippen molar-refractivity contribution in [2.75, 3.05) is 0 Å². The third-order valence-electron chi connectivity index (χ3n) is 9.75. The van der Waals surface area contributed by atoms with Crippen LogP contribution in [0.4, 0.5) is 0 Å². The molecule has 5 heteroatoms. The zero-order valence-electron chi connectivity index (χ0n) is 30.0. The second-order valence-electron chi connectivity index (χ2n) is 13.2. The minimum atomic E-state index is 0.556. The Balaban J connectivity index is 1.06. The maximum absolute atomic E-state index is 4.95. The summed E-state index contributed by atoms with van der Waals surface area (Å²) in [5.74, 6) is 1.77. The molecule has 9 aromatic rings. The third kappa shape index (κ3) is 6.78. The molecule has 0 aliphatic carbocycles. The van der Waals surface area contributed by atoms with Crippen molar-refractivity contribution in [3.63, 3.8) is 0 Å². The van der Waals surface area contributed by atoms with E-state index in [9.17, 15) is 0 Å². The Bertz CT molecular complexity index is 2850. The summed E-state index contributed by atoms with van der Waals surface area (Å²) in [5.41, 5.74) is 11.8. The van der Waals surface area contributed by atoms with Crippen molar-refractivity contribution in [1.29, 1.82) is 0 Å². The summed E-state index contributed by atoms with van der Waals surface area (Å²) in [4.78, 5) is 19.0. The molecule has 0 fully saturated rings. The van der Waals surface area contributed by atoms with E-state index in [-0.39, 0.29) is 0 Å². The molecule has 0 saturated carbocycles. The number of fused-ring (bicyclic) bond motifs is 3. The van der Waals surface area contributed by atoms with E-state index < -0.39 is 0 Å². The fourth-order valence-electron chi connectivity index (χ4n) is 7.08. The molecule has 3 aromatic heterocycles. The molecule has 0 aliphatic rings. The van der Waals surface area contributed by atoms with Gasteiger partial charge in [0.2, 0.25) is 0 Å². The molecule has 0 spiro atoms. The van der Waals surface area contributed by atoms with E-state index in [0.29, 0.717) is 17.5 Å². The molecule has 0 radical (unpaired) electrons. The maximum Gasteiger partial charge on any atom is 0.164 e. The van der Waals surface area contributed by atoms with E-state index in [0.717, 1.165) is 44.6 Å². The smallest absolute Gasteiger partial charge is 0.164 e. The van der Waals surface area contributed by atoms with Crippen LogP contribution in [0.5, 0.6) is 0 Å². The molecular weight excluding hydrogens is 671 g/mol. The fraction of sp³-hybridized carbons (Fsp3) is 0. The first-order chi connectivity index (χ1) is 27.2. The van der Waals surface area contributed by atoms with Gasteiger partial charge < -0.3 is 4.57 Å². The van der Waals surface area contributed by atoms with Crippen LogP contribution in [-0.4, -0.2) is 24.5 Å². The number of pyridine rings is 1. The van der Waals surface area contributed by atoms with Gasteiger partial charge >= 0.3 is 0 Å². The summed E-state index contributed by atoms with van der Waals surface area (Å²) in [6.07, 6.45) is 11.2. The topological polar surface area (TPSA) is 56.5 Å². The predicted octanol–water partition coefficient (Wildman–Crippen LogP) is 12.3. The maximum atomic E-state index is 4.95. The highest BCUT2D eigenvalue weighted by molar-refractivity contribution is 6.10. The largest absolute Gasteiger partial charge is 0.309 e. The average Bonchev–Trinajstić information content (AvgIpc) is 3.60. The molecule has 6 aromatic carbocycles. The molecule has 0 bridgehead atoms. The second-order valence-corrected chi connectivity index (χ2v) is 13.2. The van der Waals surface area contributed by atoms with Crippen LogP contribution < -0.4 is 0 Å². The fourth-order valence-corrected chi connectivity index (χ4v) is 7.08. The van der Waals surface area contributed by atoms with Gasteiger partial charge in [-0.3, -0.25) is 4.98 Å². The Kier molecular flexibility index (Phi) is 9.01. The van der Waals surface area contributed by atoms with Crippen molar-refractivity contribution in [3.05, 3.63) is 212 Å². The number of benzene rings is 6. The number of para-hydroxylation sites is 2. The summed E-state index contributed by atoms with van der Waals surface area (Å²) in [5, 5.41) is 2.49. The van der Waals surface area contributed by atoms with Crippen molar-refractivity contribution >= 4 is 33.5 Å². The SMILES string of the molecule is C=C/C=C(\C=C\c1nc(-c2ccccc2)nc(-c2cccc(-c3ccc(-c4ccc5c6ccccc6n(-c6ccccc6)c5c4)cc3)c2)n1)c1cccnc1. The molecule has 0 amide bonds. The zero-order chi connectivity index (χ0) is 37.0. The van der Waals surface area contributed by atoms with E-state index in [4.69, 9.17) is 15.0 Å². The summed E-state index contributed by atoms with van der Waals surface area (Å²) in [6.45, 7) is 3.90. The molecule has 55 heavy (non-hydrogen) atoms. The summed E-state index contributed by atoms with van der Waals surface area (Å²) in [6, 6.07) is 57.1. The van der Waals surface area contributed by atoms with Crippen LogP contribution in [0, 0.1) is 0 Å². The van der Waals surface area contributed by atoms with Crippen LogP contribution in [0.25, 0.3) is 84.2 Å². The summed E-state index contributed by atoms with van der Waals surface area (Å²) < 4.78 is 2.36. The van der Waals surface area contributed by atoms with Gasteiger partial charge in [0.05, 0.1) is 11.0 Å². The van der Waals surface area contributed by atoms with Crippen LogP contribution in [-0.2, 0) is 0 Å². The predicted molar refractivity (Wildman–Crippen MR) is 227 cm³/mol. The van der Waals surface area contributed by atoms with Crippen LogP contribution in [0.2, 0.25) is 0 Å². The molecule has 260 valence electrons. The first-order valence-corrected chi connectivity index (χ1v) is 18.2. The Morgan fingerprint density at radius 3 is 1.89 bits per heavy atom. The lowest BCUT2D eigenvalue weighted by molar-refractivity contribution is 1.04. The van der Waals surface area contributed by atoms with Gasteiger partial charge in [0.1, 0.15) is 0 Å². The van der Waals surface area contributed by atoms with Crippen LogP contribution >= 0.6 is 0 Å². The van der Waals surface area contributed by atoms with Crippen molar-refractivity contribution in [2.24, 2.45) is 0 Å². The third-order valence-corrected chi connectivity index (χ3v) is 9.75. The van der Waals surface area contributed by atoms with Crippen LogP contribution in [0.3, 0.4) is 0 Å². The number of hydrogen-bond donors (Lipinski definition) is 0. The van der Waals surface area contributed by atoms with Crippen molar-refractivity contribution in [2.45, 2.75) is 0 Å². The molecule has 3 heterocycles. The van der Waals surface area contributed by atoms with Crippen LogP contribution in [0.15, 0.2) is 201 Å². The molecular formula is C50H35N5. The summed E-state index contributed by atoms with van der Waals surface area (Å²) in [7, 11) is 0. The molecule has 0 N–H and O–H groups in total. The average molecular weight is 706 g/mol. The first kappa shape index (κ1) is 33.3. The van der Waals surface area contributed by atoms with Crippen molar-refractivity contribution in [3.8, 4) is 50.7 Å². The minimum Gasteiger partial charge on any atom is -0.309 e. The minimum absolute atomic E-state index is 0.556. The van der Waals surface area contributed by atoms with Crippen molar-refractivity contribution in [1.82, 2.24) is 24.5 Å². The second kappa shape index (κ2) is 14.9. The summed E-state index contributed by atoms with van der Waals surface area (Å²) >= 11 is 0. The lowest BCUT2D eigenvalue weighted by Crippen LogP contribution is -2.00. The first-order valence-electron chi connectivity index (χ1n) is 18.2. The zero-order valence-corrected chi connectivity index (χ0v) is 30.0. The van der Waals surface area contributed by atoms with Gasteiger partial charge in [-0.1, -0.05) is 152 Å². The molecule has 9 rings (SSSR count). The number of rotatable bonds is 9. The van der Waals surface area contributed by atoms with Crippen LogP contribution in [0.1, 0.15) is 11.4 Å². The molecule has 0 aliphatic heterocycles. The Labute approximate surface area is 320 Å². The van der Waals surface area contributed by atoms with Gasteiger partial charge in [-0.05, 0) is 75.9 Å². The van der Waals surface area contributed by atoms with E-state index in [2.05, 4.69) is 137 Å². The van der Waals surface area contributed by atoms with E-state index in [1.54, 1.807) is 12.3 Å². The van der Waals surface area contributed by atoms with Gasteiger partial charge in [-0.2, -0.15) is 0 Å². The number of allylic oxidation sites excluding steroid dienone is 4. The van der Waals surface area contributed by atoms with E-state index in [1.807, 2.05) is 66.9 Å². The molecule has 0 unspecified atom stereocenters. The molecule has 0 atom stereocenters. The number of aromatic nitrogens is 5. The quantitative estimate of drug-likeness (QED) is 0.140. The number of nitrogens with zero attached hydrogens (tertiary/aromatic N) is 5. The normalized spacial score (nSPS) is 11.7. The number of hydrogen-bond acceptors (Lipinski definition) is 4. The Hall–Kier alpha value is -7.50. The van der Waals surface area contributed by atoms with Gasteiger partial charge in [-0.15, -0.1) is 0 Å². The molecule has 0 saturated heterocycles. The van der Waals surface area contributed by atoms with E-state index in [1.165, 1.54) is 27.4 Å². The van der Waals surface area contributed by atoms with Gasteiger partial charge in [0.25, 0.3) is 0 Å². The highest BCUT2D eigenvalue weighted by Gasteiger charge is 2.14. The van der Waals surface area contributed by atoms with Crippen molar-refractivity contribution < 1.29 is 0 Å². The highest BCUT2D eigenvalue weighted by Crippen LogP contribution is 2.35. The van der Waals surface area contributed by atoms with Gasteiger partial charge in [-0.25, -0.2) is 15.0 Å². The Morgan fingerprint density at radius 2 is 1.15 bits per heavy atom. The van der Waals surface area contributed by atoms with Gasteiger partial charge in [0.15, 0.2) is 17.5 Å². The van der Waals surface area contributed by atoms with E-state index >= 15 is 0 Å². The lowest BCUT2D eigenvalue weighted by atomic mass is 9.98. The monoisotopic (exact) mass is 705 g/mol. The van der Waals surface area contributed by atoms with Gasteiger partial charge in [0, 0.05) is 40.0 Å². The Morgan fingerprint density at radius 1 is 0.509 bits per heavy atom.